The minimum absolute atomic E-state index is 0.447. The van der Waals surface area contributed by atoms with Gasteiger partial charge in [0.1, 0.15) is 18.1 Å². The van der Waals surface area contributed by atoms with E-state index in [-0.39, 0.29) is 0 Å². The Bertz CT molecular complexity index is 642. The van der Waals surface area contributed by atoms with Crippen LogP contribution in [0, 0.1) is 0 Å². The zero-order valence-corrected chi connectivity index (χ0v) is 11.0. The minimum Gasteiger partial charge on any atom is -0.488 e. The first-order valence-electron chi connectivity index (χ1n) is 6.32. The molecule has 1 heterocycles. The Kier molecular flexibility index (Phi) is 3.21. The van der Waals surface area contributed by atoms with Gasteiger partial charge in [0.2, 0.25) is 0 Å². The van der Waals surface area contributed by atoms with Crippen LogP contribution in [0.15, 0.2) is 53.7 Å². The van der Waals surface area contributed by atoms with Gasteiger partial charge in [-0.05, 0) is 17.7 Å². The van der Waals surface area contributed by atoms with Gasteiger partial charge in [-0.15, -0.1) is 0 Å². The molecule has 0 radical (unpaired) electrons. The molecular formula is C16H13NO3. The number of nitrogens with zero attached hydrogens (tertiary/aromatic N) is 1. The Morgan fingerprint density at radius 2 is 1.80 bits per heavy atom. The fourth-order valence-corrected chi connectivity index (χ4v) is 2.17. The lowest BCUT2D eigenvalue weighted by Gasteiger charge is -2.07. The van der Waals surface area contributed by atoms with Gasteiger partial charge in [-0.25, -0.2) is 4.79 Å². The predicted molar refractivity (Wildman–Crippen MR) is 74.6 cm³/mol. The van der Waals surface area contributed by atoms with Gasteiger partial charge >= 0.3 is 5.97 Å². The second kappa shape index (κ2) is 5.17. The minimum atomic E-state index is -0.447. The van der Waals surface area contributed by atoms with E-state index in [2.05, 4.69) is 5.16 Å². The Labute approximate surface area is 116 Å². The van der Waals surface area contributed by atoms with Gasteiger partial charge in [-0.1, -0.05) is 41.6 Å². The summed E-state index contributed by atoms with van der Waals surface area (Å²) < 4.78 is 5.79. The molecule has 3 rings (SSSR count). The highest BCUT2D eigenvalue weighted by atomic mass is 16.7. The lowest BCUT2D eigenvalue weighted by atomic mass is 9.98. The molecule has 20 heavy (non-hydrogen) atoms. The predicted octanol–water partition coefficient (Wildman–Crippen LogP) is 2.89. The topological polar surface area (TPSA) is 47.9 Å². The molecule has 4 heteroatoms. The molecule has 0 atom stereocenters. The molecule has 0 saturated heterocycles. The van der Waals surface area contributed by atoms with Crippen LogP contribution in [0.3, 0.4) is 0 Å². The van der Waals surface area contributed by atoms with Crippen molar-refractivity contribution in [3.8, 4) is 5.75 Å². The van der Waals surface area contributed by atoms with Crippen molar-refractivity contribution in [3.63, 3.8) is 0 Å². The van der Waals surface area contributed by atoms with Gasteiger partial charge in [0, 0.05) is 18.1 Å². The van der Waals surface area contributed by atoms with Gasteiger partial charge in [-0.2, -0.15) is 0 Å². The van der Waals surface area contributed by atoms with Crippen molar-refractivity contribution in [1.82, 2.24) is 0 Å². The third-order valence-corrected chi connectivity index (χ3v) is 3.06. The number of fused-ring (bicyclic) bond motifs is 2. The molecule has 4 nitrogen and oxygen atoms in total. The average Bonchev–Trinajstić information content (AvgIpc) is 2.62. The summed E-state index contributed by atoms with van der Waals surface area (Å²) in [6.45, 7) is 1.79. The molecular weight excluding hydrogens is 254 g/mol. The lowest BCUT2D eigenvalue weighted by molar-refractivity contribution is -0.140. The molecule has 0 amide bonds. The summed E-state index contributed by atoms with van der Waals surface area (Å²) in [4.78, 5) is 15.9. The van der Waals surface area contributed by atoms with Crippen molar-refractivity contribution < 1.29 is 14.4 Å². The molecule has 0 aromatic heterocycles. The second-order valence-corrected chi connectivity index (χ2v) is 4.46. The van der Waals surface area contributed by atoms with Crippen LogP contribution in [0.4, 0.5) is 0 Å². The average molecular weight is 267 g/mol. The molecule has 0 N–H and O–H groups in total. The third-order valence-electron chi connectivity index (χ3n) is 3.06. The maximum absolute atomic E-state index is 11.0. The number of benzene rings is 2. The fourth-order valence-electron chi connectivity index (χ4n) is 2.17. The number of para-hydroxylation sites is 1. The van der Waals surface area contributed by atoms with Gasteiger partial charge in [-0.3, -0.25) is 0 Å². The summed E-state index contributed by atoms with van der Waals surface area (Å²) in [7, 11) is 0. The quantitative estimate of drug-likeness (QED) is 0.589. The number of carbonyl (C=O) groups is 1. The van der Waals surface area contributed by atoms with E-state index in [1.807, 2.05) is 48.5 Å². The highest BCUT2D eigenvalue weighted by Gasteiger charge is 2.20. The van der Waals surface area contributed by atoms with Crippen LogP contribution in [0.1, 0.15) is 23.6 Å². The van der Waals surface area contributed by atoms with Crippen molar-refractivity contribution in [2.45, 2.75) is 13.5 Å². The summed E-state index contributed by atoms with van der Waals surface area (Å²) in [6, 6.07) is 15.4. The Balaban J connectivity index is 2.19. The smallest absolute Gasteiger partial charge is 0.332 e. The Morgan fingerprint density at radius 1 is 1.10 bits per heavy atom. The number of oxime groups is 1. The van der Waals surface area contributed by atoms with Crippen LogP contribution in [0.25, 0.3) is 0 Å². The van der Waals surface area contributed by atoms with Crippen LogP contribution in [-0.4, -0.2) is 11.7 Å². The molecule has 1 aliphatic heterocycles. The van der Waals surface area contributed by atoms with Crippen LogP contribution in [0.5, 0.6) is 5.75 Å². The molecule has 0 saturated carbocycles. The zero-order chi connectivity index (χ0) is 13.9. The van der Waals surface area contributed by atoms with Crippen LogP contribution >= 0.6 is 0 Å². The summed E-state index contributed by atoms with van der Waals surface area (Å²) >= 11 is 0. The number of carbonyl (C=O) groups excluding carboxylic acids is 1. The van der Waals surface area contributed by atoms with Crippen molar-refractivity contribution in [1.29, 1.82) is 0 Å². The van der Waals surface area contributed by atoms with Gasteiger partial charge in [0.05, 0.1) is 0 Å². The van der Waals surface area contributed by atoms with Crippen molar-refractivity contribution in [2.75, 3.05) is 0 Å². The molecule has 1 aliphatic rings. The summed E-state index contributed by atoms with van der Waals surface area (Å²) in [5.41, 5.74) is 3.36. The number of ether oxygens (including phenoxy) is 1. The zero-order valence-electron chi connectivity index (χ0n) is 11.0. The largest absolute Gasteiger partial charge is 0.488 e. The third kappa shape index (κ3) is 2.28. The Hall–Kier alpha value is -2.62. The van der Waals surface area contributed by atoms with Crippen LogP contribution < -0.4 is 4.74 Å². The molecule has 100 valence electrons. The van der Waals surface area contributed by atoms with Crippen molar-refractivity contribution >= 4 is 11.7 Å². The molecule has 0 bridgehead atoms. The highest BCUT2D eigenvalue weighted by molar-refractivity contribution is 6.15. The molecule has 2 aromatic carbocycles. The molecule has 0 fully saturated rings. The summed E-state index contributed by atoms with van der Waals surface area (Å²) in [5, 5.41) is 4.01. The summed E-state index contributed by atoms with van der Waals surface area (Å²) in [6.07, 6.45) is 0. The van der Waals surface area contributed by atoms with E-state index in [1.165, 1.54) is 6.92 Å². The van der Waals surface area contributed by atoms with E-state index in [9.17, 15) is 4.79 Å². The Morgan fingerprint density at radius 3 is 2.60 bits per heavy atom. The molecule has 2 aromatic rings. The molecule has 0 unspecified atom stereocenters. The number of hydrogen-bond donors (Lipinski definition) is 0. The van der Waals surface area contributed by atoms with Crippen LogP contribution in [0.2, 0.25) is 0 Å². The van der Waals surface area contributed by atoms with E-state index in [0.717, 1.165) is 22.4 Å². The highest BCUT2D eigenvalue weighted by Crippen LogP contribution is 2.28. The van der Waals surface area contributed by atoms with Gasteiger partial charge < -0.3 is 9.57 Å². The fraction of sp³-hybridized carbons (Fsp3) is 0.125. The summed E-state index contributed by atoms with van der Waals surface area (Å²) in [5.74, 6) is 0.284. The SMILES string of the molecule is CC(=O)O/N=C1\c2ccccc2COc2ccccc21. The lowest BCUT2D eigenvalue weighted by Crippen LogP contribution is -2.07. The maximum atomic E-state index is 11.0. The van der Waals surface area contributed by atoms with E-state index >= 15 is 0 Å². The second-order valence-electron chi connectivity index (χ2n) is 4.46. The van der Waals surface area contributed by atoms with E-state index < -0.39 is 5.97 Å². The molecule has 0 aliphatic carbocycles. The first-order valence-corrected chi connectivity index (χ1v) is 6.32. The molecule has 0 spiro atoms. The van der Waals surface area contributed by atoms with Crippen molar-refractivity contribution in [2.24, 2.45) is 5.16 Å². The normalized spacial score (nSPS) is 14.8. The maximum Gasteiger partial charge on any atom is 0.332 e. The van der Waals surface area contributed by atoms with Crippen molar-refractivity contribution in [3.05, 3.63) is 65.2 Å². The van der Waals surface area contributed by atoms with E-state index in [0.29, 0.717) is 12.3 Å². The number of hydrogen-bond acceptors (Lipinski definition) is 4. The van der Waals surface area contributed by atoms with Crippen LogP contribution in [-0.2, 0) is 16.2 Å². The monoisotopic (exact) mass is 267 g/mol. The van der Waals surface area contributed by atoms with Gasteiger partial charge in [0.15, 0.2) is 0 Å². The van der Waals surface area contributed by atoms with Gasteiger partial charge in [0.25, 0.3) is 0 Å². The first kappa shape index (κ1) is 12.4. The number of rotatable bonds is 1. The van der Waals surface area contributed by atoms with E-state index in [4.69, 9.17) is 9.57 Å². The standard InChI is InChI=1S/C16H13NO3/c1-11(18)20-17-16-13-7-3-2-6-12(13)10-19-15-9-5-4-8-14(15)16/h2-9H,10H2,1H3/b17-16+. The van der Waals surface area contributed by atoms with E-state index in [1.54, 1.807) is 0 Å². The first-order chi connectivity index (χ1) is 9.75.